The fourth-order valence-electron chi connectivity index (χ4n) is 4.33. The van der Waals surface area contributed by atoms with Crippen LogP contribution in [-0.2, 0) is 19.1 Å². The number of fused-ring (bicyclic) bond motifs is 3. The number of carbonyl (C=O) groups excluding carboxylic acids is 3. The van der Waals surface area contributed by atoms with Gasteiger partial charge in [0.25, 0.3) is 0 Å². The molecule has 0 radical (unpaired) electrons. The second kappa shape index (κ2) is 11.8. The predicted octanol–water partition coefficient (Wildman–Crippen LogP) is 3.72. The number of hydrogen-bond donors (Lipinski definition) is 2. The molecule has 0 aromatic heterocycles. The number of benzene rings is 2. The lowest BCUT2D eigenvalue weighted by molar-refractivity contribution is -0.122. The number of ether oxygens (including phenoxy) is 2. The zero-order valence-corrected chi connectivity index (χ0v) is 19.2. The van der Waals surface area contributed by atoms with Crippen LogP contribution in [0.4, 0.5) is 5.69 Å². The highest BCUT2D eigenvalue weighted by Gasteiger charge is 2.31. The standard InChI is InChI=1S/C26H31NO6/c1-32-13-5-9-24(30)21-8-4-7-19-23(15-28)22-14-17(11-12-20(22)26(19)21)27-25(31)10-3-6-18(29)16-33-2/h4,7-8,11-12,14,23,28H,3,5-6,9-10,13,15-16H2,1-2H3,(H,27,31). The fourth-order valence-corrected chi connectivity index (χ4v) is 4.33. The smallest absolute Gasteiger partial charge is 0.224 e. The zero-order valence-electron chi connectivity index (χ0n) is 19.2. The molecule has 1 unspecified atom stereocenters. The van der Waals surface area contributed by atoms with Crippen LogP contribution in [0.15, 0.2) is 36.4 Å². The van der Waals surface area contributed by atoms with Gasteiger partial charge in [-0.25, -0.2) is 0 Å². The van der Waals surface area contributed by atoms with Crippen molar-refractivity contribution in [1.29, 1.82) is 0 Å². The minimum atomic E-state index is -0.259. The maximum Gasteiger partial charge on any atom is 0.224 e. The predicted molar refractivity (Wildman–Crippen MR) is 126 cm³/mol. The molecule has 7 heteroatoms. The van der Waals surface area contributed by atoms with Crippen molar-refractivity contribution < 1.29 is 29.0 Å². The number of ketones is 2. The summed E-state index contributed by atoms with van der Waals surface area (Å²) in [7, 11) is 3.08. The molecule has 1 aliphatic carbocycles. The molecule has 2 aromatic carbocycles. The Balaban J connectivity index is 1.77. The lowest BCUT2D eigenvalue weighted by Crippen LogP contribution is -2.13. The molecule has 1 amide bonds. The molecule has 3 rings (SSSR count). The van der Waals surface area contributed by atoms with E-state index in [2.05, 4.69) is 5.32 Å². The third kappa shape index (κ3) is 5.93. The van der Waals surface area contributed by atoms with Gasteiger partial charge in [0.2, 0.25) is 5.91 Å². The molecule has 0 saturated carbocycles. The van der Waals surface area contributed by atoms with Crippen molar-refractivity contribution in [3.8, 4) is 11.1 Å². The van der Waals surface area contributed by atoms with Crippen LogP contribution >= 0.6 is 0 Å². The van der Waals surface area contributed by atoms with E-state index in [9.17, 15) is 19.5 Å². The number of carbonyl (C=O) groups is 3. The summed E-state index contributed by atoms with van der Waals surface area (Å²) in [5.41, 5.74) is 4.86. The van der Waals surface area contributed by atoms with Gasteiger partial charge in [0.1, 0.15) is 6.61 Å². The lowest BCUT2D eigenvalue weighted by atomic mass is 9.93. The Morgan fingerprint density at radius 3 is 2.52 bits per heavy atom. The number of Topliss-reactive ketones (excluding diaryl/α,β-unsaturated/α-hetero) is 2. The molecule has 1 aliphatic rings. The number of aliphatic hydroxyl groups is 1. The number of nitrogens with one attached hydrogen (secondary N) is 1. The summed E-state index contributed by atoms with van der Waals surface area (Å²) in [4.78, 5) is 36.7. The van der Waals surface area contributed by atoms with Gasteiger partial charge in [-0.1, -0.05) is 24.3 Å². The van der Waals surface area contributed by atoms with E-state index in [1.807, 2.05) is 36.4 Å². The first-order valence-electron chi connectivity index (χ1n) is 11.2. The van der Waals surface area contributed by atoms with Crippen LogP contribution < -0.4 is 5.32 Å². The molecule has 0 aliphatic heterocycles. The SMILES string of the molecule is COCCCC(=O)c1cccc2c1-c1ccc(NC(=O)CCCC(=O)COC)cc1C2CO. The number of amides is 1. The Labute approximate surface area is 194 Å². The molecule has 7 nitrogen and oxygen atoms in total. The van der Waals surface area contributed by atoms with Crippen molar-refractivity contribution in [3.05, 3.63) is 53.1 Å². The Morgan fingerprint density at radius 1 is 0.970 bits per heavy atom. The maximum absolute atomic E-state index is 12.9. The third-order valence-electron chi connectivity index (χ3n) is 5.85. The Bertz CT molecular complexity index is 1020. The van der Waals surface area contributed by atoms with Gasteiger partial charge in [0.05, 0.1) is 6.61 Å². The van der Waals surface area contributed by atoms with Crippen LogP contribution in [0.25, 0.3) is 11.1 Å². The Hall–Kier alpha value is -2.87. The minimum absolute atomic E-state index is 0.0287. The normalized spacial score (nSPS) is 14.0. The van der Waals surface area contributed by atoms with Crippen LogP contribution in [0.5, 0.6) is 0 Å². The first kappa shape index (κ1) is 24.8. The van der Waals surface area contributed by atoms with E-state index < -0.39 is 0 Å². The average Bonchev–Trinajstić information content (AvgIpc) is 3.12. The van der Waals surface area contributed by atoms with E-state index in [0.717, 1.165) is 22.3 Å². The maximum atomic E-state index is 12.9. The first-order chi connectivity index (χ1) is 16.0. The highest BCUT2D eigenvalue weighted by atomic mass is 16.5. The fraction of sp³-hybridized carbons (Fsp3) is 0.423. The summed E-state index contributed by atoms with van der Waals surface area (Å²) in [6.07, 6.45) is 2.03. The van der Waals surface area contributed by atoms with Crippen LogP contribution in [-0.4, -0.2) is 56.6 Å². The molecule has 0 heterocycles. The van der Waals surface area contributed by atoms with Gasteiger partial charge >= 0.3 is 0 Å². The van der Waals surface area contributed by atoms with Gasteiger partial charge in [-0.05, 0) is 47.2 Å². The molecule has 2 aromatic rings. The Kier molecular flexibility index (Phi) is 8.88. The Morgan fingerprint density at radius 2 is 1.79 bits per heavy atom. The largest absolute Gasteiger partial charge is 0.395 e. The van der Waals surface area contributed by atoms with Crippen molar-refractivity contribution in [3.63, 3.8) is 0 Å². The monoisotopic (exact) mass is 453 g/mol. The lowest BCUT2D eigenvalue weighted by Gasteiger charge is -2.12. The third-order valence-corrected chi connectivity index (χ3v) is 5.85. The summed E-state index contributed by atoms with van der Waals surface area (Å²) in [6, 6.07) is 11.2. The molecule has 2 N–H and O–H groups in total. The minimum Gasteiger partial charge on any atom is -0.395 e. The molecular weight excluding hydrogens is 422 g/mol. The van der Waals surface area contributed by atoms with Crippen molar-refractivity contribution in [1.82, 2.24) is 0 Å². The first-order valence-corrected chi connectivity index (χ1v) is 11.2. The molecular formula is C26H31NO6. The van der Waals surface area contributed by atoms with Gasteiger partial charge in [-0.3, -0.25) is 14.4 Å². The van der Waals surface area contributed by atoms with Crippen LogP contribution in [0.2, 0.25) is 0 Å². The van der Waals surface area contributed by atoms with Gasteiger partial charge < -0.3 is 19.9 Å². The summed E-state index contributed by atoms with van der Waals surface area (Å²) in [5, 5.41) is 13.0. The number of aliphatic hydroxyl groups excluding tert-OH is 1. The quantitative estimate of drug-likeness (QED) is 0.354. The summed E-state index contributed by atoms with van der Waals surface area (Å²) in [6.45, 7) is 0.493. The van der Waals surface area contributed by atoms with Crippen molar-refractivity contribution in [2.24, 2.45) is 0 Å². The highest BCUT2D eigenvalue weighted by molar-refractivity contribution is 6.05. The van der Waals surface area contributed by atoms with E-state index in [1.165, 1.54) is 7.11 Å². The van der Waals surface area contributed by atoms with E-state index in [-0.39, 0.29) is 43.0 Å². The van der Waals surface area contributed by atoms with Crippen LogP contribution in [0, 0.1) is 0 Å². The highest BCUT2D eigenvalue weighted by Crippen LogP contribution is 2.47. The van der Waals surface area contributed by atoms with E-state index >= 15 is 0 Å². The van der Waals surface area contributed by atoms with Gasteiger partial charge in [0, 0.05) is 57.3 Å². The number of anilines is 1. The average molecular weight is 454 g/mol. The summed E-state index contributed by atoms with van der Waals surface area (Å²) < 4.78 is 9.86. The summed E-state index contributed by atoms with van der Waals surface area (Å²) in [5.74, 6) is -0.414. The molecule has 1 atom stereocenters. The molecule has 0 bridgehead atoms. The number of rotatable bonds is 13. The van der Waals surface area contributed by atoms with E-state index in [1.54, 1.807) is 7.11 Å². The summed E-state index contributed by atoms with van der Waals surface area (Å²) >= 11 is 0. The molecule has 0 fully saturated rings. The second-order valence-electron chi connectivity index (χ2n) is 8.20. The van der Waals surface area contributed by atoms with Crippen LogP contribution in [0.1, 0.15) is 59.5 Å². The zero-order chi connectivity index (χ0) is 23.8. The second-order valence-corrected chi connectivity index (χ2v) is 8.20. The topological polar surface area (TPSA) is 102 Å². The van der Waals surface area contributed by atoms with Crippen molar-refractivity contribution in [2.75, 3.05) is 39.4 Å². The molecule has 0 spiro atoms. The van der Waals surface area contributed by atoms with E-state index in [4.69, 9.17) is 9.47 Å². The molecule has 176 valence electrons. The van der Waals surface area contributed by atoms with Gasteiger partial charge in [0.15, 0.2) is 11.6 Å². The number of methoxy groups -OCH3 is 2. The van der Waals surface area contributed by atoms with Gasteiger partial charge in [-0.2, -0.15) is 0 Å². The number of hydrogen-bond acceptors (Lipinski definition) is 6. The van der Waals surface area contributed by atoms with Crippen molar-refractivity contribution >= 4 is 23.2 Å². The van der Waals surface area contributed by atoms with E-state index in [0.29, 0.717) is 43.5 Å². The molecule has 0 saturated heterocycles. The molecule has 33 heavy (non-hydrogen) atoms. The van der Waals surface area contributed by atoms with Crippen molar-refractivity contribution in [2.45, 2.75) is 38.0 Å². The van der Waals surface area contributed by atoms with Gasteiger partial charge in [-0.15, -0.1) is 0 Å². The van der Waals surface area contributed by atoms with Crippen LogP contribution in [0.3, 0.4) is 0 Å².